The van der Waals surface area contributed by atoms with Gasteiger partial charge >= 0.3 is 6.03 Å². The maximum absolute atomic E-state index is 12.0. The summed E-state index contributed by atoms with van der Waals surface area (Å²) in [7, 11) is 1.68. The Bertz CT molecular complexity index is 495. The summed E-state index contributed by atoms with van der Waals surface area (Å²) in [4.78, 5) is 13.6. The Labute approximate surface area is 117 Å². The molecule has 0 aliphatic carbocycles. The van der Waals surface area contributed by atoms with Gasteiger partial charge in [0.15, 0.2) is 5.84 Å². The van der Waals surface area contributed by atoms with Gasteiger partial charge in [0.25, 0.3) is 0 Å². The smallest absolute Gasteiger partial charge is 0.321 e. The second-order valence-corrected chi connectivity index (χ2v) is 4.60. The number of nitrogens with two attached hydrogens (primary N) is 1. The van der Waals surface area contributed by atoms with Crippen LogP contribution in [-0.4, -0.2) is 43.4 Å². The number of urea groups is 1. The molecule has 0 spiro atoms. The summed E-state index contributed by atoms with van der Waals surface area (Å²) >= 11 is 0. The minimum Gasteiger partial charge on any atom is -0.409 e. The van der Waals surface area contributed by atoms with Crippen LogP contribution < -0.4 is 16.0 Å². The number of ether oxygens (including phenoxy) is 1. The normalized spacial score (nSPS) is 18.9. The molecule has 1 atom stereocenters. The van der Waals surface area contributed by atoms with Crippen LogP contribution >= 0.6 is 0 Å². The van der Waals surface area contributed by atoms with E-state index in [-0.39, 0.29) is 17.9 Å². The van der Waals surface area contributed by atoms with Gasteiger partial charge in [-0.1, -0.05) is 5.16 Å². The highest BCUT2D eigenvalue weighted by molar-refractivity contribution is 5.98. The van der Waals surface area contributed by atoms with E-state index in [0.29, 0.717) is 18.8 Å². The molecule has 0 aromatic heterocycles. The highest BCUT2D eigenvalue weighted by Crippen LogP contribution is 2.14. The number of hydrogen-bond acceptors (Lipinski definition) is 4. The summed E-state index contributed by atoms with van der Waals surface area (Å²) in [6, 6.07) is 6.73. The summed E-state index contributed by atoms with van der Waals surface area (Å²) in [5.74, 6) is 0.0340. The molecule has 7 heteroatoms. The Balaban J connectivity index is 2.00. The molecular formula is C13H18N4O3. The number of oxime groups is 1. The van der Waals surface area contributed by atoms with Crippen molar-refractivity contribution in [3.63, 3.8) is 0 Å². The van der Waals surface area contributed by atoms with Crippen molar-refractivity contribution in [1.82, 2.24) is 5.32 Å². The largest absolute Gasteiger partial charge is 0.409 e. The molecule has 1 aliphatic heterocycles. The molecule has 1 aromatic rings. The fourth-order valence-corrected chi connectivity index (χ4v) is 1.95. The van der Waals surface area contributed by atoms with Gasteiger partial charge in [-0.3, -0.25) is 4.90 Å². The molecule has 1 fully saturated rings. The molecule has 2 rings (SSSR count). The quantitative estimate of drug-likeness (QED) is 0.328. The molecule has 4 N–H and O–H groups in total. The van der Waals surface area contributed by atoms with Crippen molar-refractivity contribution in [3.05, 3.63) is 29.8 Å². The molecule has 1 aliphatic rings. The maximum Gasteiger partial charge on any atom is 0.321 e. The first kappa shape index (κ1) is 14.1. The molecule has 1 unspecified atom stereocenters. The lowest BCUT2D eigenvalue weighted by molar-refractivity contribution is 0.189. The topological polar surface area (TPSA) is 100 Å². The van der Waals surface area contributed by atoms with Crippen molar-refractivity contribution in [2.24, 2.45) is 10.9 Å². The van der Waals surface area contributed by atoms with Crippen molar-refractivity contribution >= 4 is 17.6 Å². The van der Waals surface area contributed by atoms with Gasteiger partial charge in [-0.2, -0.15) is 0 Å². The van der Waals surface area contributed by atoms with Gasteiger partial charge in [0, 0.05) is 24.9 Å². The average Bonchev–Trinajstić information content (AvgIpc) is 2.98. The summed E-state index contributed by atoms with van der Waals surface area (Å²) in [6.07, 6.45) is 0.835. The van der Waals surface area contributed by atoms with Gasteiger partial charge in [-0.05, 0) is 30.7 Å². The first-order chi connectivity index (χ1) is 9.61. The van der Waals surface area contributed by atoms with E-state index in [2.05, 4.69) is 10.5 Å². The molecule has 1 aromatic carbocycles. The van der Waals surface area contributed by atoms with E-state index in [4.69, 9.17) is 15.7 Å². The molecule has 20 heavy (non-hydrogen) atoms. The fraction of sp³-hybridized carbons (Fsp3) is 0.385. The van der Waals surface area contributed by atoms with Crippen LogP contribution in [0.25, 0.3) is 0 Å². The van der Waals surface area contributed by atoms with Gasteiger partial charge in [0.1, 0.15) is 0 Å². The van der Waals surface area contributed by atoms with Gasteiger partial charge < -0.3 is 21.0 Å². The Morgan fingerprint density at radius 3 is 2.75 bits per heavy atom. The molecule has 0 saturated carbocycles. The Morgan fingerprint density at radius 2 is 2.20 bits per heavy atom. The summed E-state index contributed by atoms with van der Waals surface area (Å²) in [6.45, 7) is 1.24. The van der Waals surface area contributed by atoms with Crippen LogP contribution in [0, 0.1) is 0 Å². The molecule has 0 bridgehead atoms. The zero-order valence-corrected chi connectivity index (χ0v) is 11.2. The van der Waals surface area contributed by atoms with E-state index in [1.54, 1.807) is 31.3 Å². The standard InChI is InChI=1S/C13H18N4O3/c1-17(13(18)15-10-6-7-20-8-10)11-4-2-9(3-5-11)12(14)16-19/h2-5,10,19H,6-8H2,1H3,(H2,14,16)(H,15,18). The molecular weight excluding hydrogens is 260 g/mol. The fourth-order valence-electron chi connectivity index (χ4n) is 1.95. The summed E-state index contributed by atoms with van der Waals surface area (Å²) in [5.41, 5.74) is 6.79. The monoisotopic (exact) mass is 278 g/mol. The number of rotatable bonds is 3. The molecule has 108 valence electrons. The van der Waals surface area contributed by atoms with Gasteiger partial charge in [-0.15, -0.1) is 0 Å². The van der Waals surface area contributed by atoms with Crippen LogP contribution in [0.2, 0.25) is 0 Å². The third kappa shape index (κ3) is 3.18. The van der Waals surface area contributed by atoms with Crippen molar-refractivity contribution in [3.8, 4) is 0 Å². The maximum atomic E-state index is 12.0. The third-order valence-electron chi connectivity index (χ3n) is 3.22. The van der Waals surface area contributed by atoms with E-state index in [9.17, 15) is 4.79 Å². The lowest BCUT2D eigenvalue weighted by Gasteiger charge is -2.20. The SMILES string of the molecule is CN(C(=O)NC1CCOC1)c1ccc(/C(N)=N/O)cc1. The number of nitrogens with one attached hydrogen (secondary N) is 1. The number of carbonyl (C=O) groups is 1. The minimum atomic E-state index is -0.183. The second kappa shape index (κ2) is 6.25. The predicted octanol–water partition coefficient (Wildman–Crippen LogP) is 0.716. The number of amides is 2. The van der Waals surface area contributed by atoms with Gasteiger partial charge in [-0.25, -0.2) is 4.79 Å². The molecule has 2 amide bonds. The van der Waals surface area contributed by atoms with Crippen molar-refractivity contribution < 1.29 is 14.7 Å². The highest BCUT2D eigenvalue weighted by Gasteiger charge is 2.20. The van der Waals surface area contributed by atoms with E-state index in [1.807, 2.05) is 0 Å². The van der Waals surface area contributed by atoms with E-state index in [1.165, 1.54) is 4.90 Å². The highest BCUT2D eigenvalue weighted by atomic mass is 16.5. The lowest BCUT2D eigenvalue weighted by atomic mass is 10.2. The van der Waals surface area contributed by atoms with E-state index in [0.717, 1.165) is 12.1 Å². The summed E-state index contributed by atoms with van der Waals surface area (Å²) in [5, 5.41) is 14.4. The first-order valence-corrected chi connectivity index (χ1v) is 6.31. The van der Waals surface area contributed by atoms with E-state index >= 15 is 0 Å². The van der Waals surface area contributed by atoms with Crippen LogP contribution in [0.3, 0.4) is 0 Å². The molecule has 7 nitrogen and oxygen atoms in total. The third-order valence-corrected chi connectivity index (χ3v) is 3.22. The van der Waals surface area contributed by atoms with E-state index < -0.39 is 0 Å². The van der Waals surface area contributed by atoms with Crippen LogP contribution in [0.4, 0.5) is 10.5 Å². The van der Waals surface area contributed by atoms with Crippen molar-refractivity contribution in [2.45, 2.75) is 12.5 Å². The number of hydrogen-bond donors (Lipinski definition) is 3. The van der Waals surface area contributed by atoms with Crippen LogP contribution in [-0.2, 0) is 4.74 Å². The van der Waals surface area contributed by atoms with Crippen LogP contribution in [0.1, 0.15) is 12.0 Å². The molecule has 1 heterocycles. The predicted molar refractivity (Wildman–Crippen MR) is 75.1 cm³/mol. The minimum absolute atomic E-state index is 0.0340. The first-order valence-electron chi connectivity index (χ1n) is 6.31. The number of benzene rings is 1. The van der Waals surface area contributed by atoms with Gasteiger partial charge in [0.2, 0.25) is 0 Å². The zero-order valence-electron chi connectivity index (χ0n) is 11.2. The lowest BCUT2D eigenvalue weighted by Crippen LogP contribution is -2.43. The van der Waals surface area contributed by atoms with Crippen molar-refractivity contribution in [1.29, 1.82) is 0 Å². The Hall–Kier alpha value is -2.28. The Morgan fingerprint density at radius 1 is 1.50 bits per heavy atom. The summed E-state index contributed by atoms with van der Waals surface area (Å²) < 4.78 is 5.21. The van der Waals surface area contributed by atoms with Crippen molar-refractivity contribution in [2.75, 3.05) is 25.2 Å². The average molecular weight is 278 g/mol. The number of anilines is 1. The Kier molecular flexibility index (Phi) is 4.41. The molecule has 1 saturated heterocycles. The van der Waals surface area contributed by atoms with Crippen LogP contribution in [0.5, 0.6) is 0 Å². The van der Waals surface area contributed by atoms with Gasteiger partial charge in [0.05, 0.1) is 12.6 Å². The zero-order chi connectivity index (χ0) is 14.5. The number of carbonyl (C=O) groups excluding carboxylic acids is 1. The number of amidine groups is 1. The van der Waals surface area contributed by atoms with Crippen LogP contribution in [0.15, 0.2) is 29.4 Å². The second-order valence-electron chi connectivity index (χ2n) is 4.60. The molecule has 0 radical (unpaired) electrons. The number of nitrogens with zero attached hydrogens (tertiary/aromatic N) is 2.